The van der Waals surface area contributed by atoms with E-state index in [1.165, 1.54) is 44.9 Å². The molecule has 4 nitrogen and oxygen atoms in total. The fraction of sp³-hybridized carbons (Fsp3) is 0.722. The number of amides is 1. The number of furan rings is 1. The summed E-state index contributed by atoms with van der Waals surface area (Å²) in [4.78, 5) is 12.0. The van der Waals surface area contributed by atoms with E-state index in [4.69, 9.17) is 9.15 Å². The van der Waals surface area contributed by atoms with Gasteiger partial charge in [0.1, 0.15) is 11.9 Å². The summed E-state index contributed by atoms with van der Waals surface area (Å²) in [5.74, 6) is 1.64. The summed E-state index contributed by atoms with van der Waals surface area (Å²) in [6.45, 7) is 2.66. The molecule has 2 aliphatic carbocycles. The molecule has 0 radical (unpaired) electrons. The van der Waals surface area contributed by atoms with Crippen molar-refractivity contribution in [3.63, 3.8) is 0 Å². The van der Waals surface area contributed by atoms with Crippen molar-refractivity contribution < 1.29 is 13.9 Å². The average molecular weight is 305 g/mol. The van der Waals surface area contributed by atoms with Crippen LogP contribution < -0.4 is 5.32 Å². The number of hydrogen-bond donors (Lipinski definition) is 1. The first kappa shape index (κ1) is 15.4. The third kappa shape index (κ3) is 3.31. The lowest BCUT2D eigenvalue weighted by molar-refractivity contribution is -0.0994. The second kappa shape index (κ2) is 6.76. The zero-order valence-corrected chi connectivity index (χ0v) is 13.5. The summed E-state index contributed by atoms with van der Waals surface area (Å²) in [5, 5.41) is 2.78. The minimum absolute atomic E-state index is 0.117. The summed E-state index contributed by atoms with van der Waals surface area (Å²) < 4.78 is 10.9. The number of rotatable bonds is 5. The summed E-state index contributed by atoms with van der Waals surface area (Å²) in [5.41, 5.74) is 0.284. The van der Waals surface area contributed by atoms with Crippen LogP contribution in [-0.2, 0) is 11.3 Å². The molecule has 1 N–H and O–H groups in total. The van der Waals surface area contributed by atoms with Gasteiger partial charge in [-0.1, -0.05) is 19.8 Å². The third-order valence-corrected chi connectivity index (χ3v) is 5.62. The van der Waals surface area contributed by atoms with E-state index in [9.17, 15) is 4.79 Å². The number of ether oxygens (including phenoxy) is 1. The van der Waals surface area contributed by atoms with Gasteiger partial charge in [0.25, 0.3) is 0 Å². The van der Waals surface area contributed by atoms with E-state index in [2.05, 4.69) is 12.2 Å². The van der Waals surface area contributed by atoms with Crippen molar-refractivity contribution in [2.45, 2.75) is 70.9 Å². The lowest BCUT2D eigenvalue weighted by atomic mass is 9.57. The molecule has 0 aliphatic heterocycles. The fourth-order valence-corrected chi connectivity index (χ4v) is 4.12. The Morgan fingerprint density at radius 1 is 1.36 bits per heavy atom. The molecule has 1 amide bonds. The fourth-order valence-electron chi connectivity index (χ4n) is 4.12. The van der Waals surface area contributed by atoms with Gasteiger partial charge in [-0.05, 0) is 56.6 Å². The first-order valence-electron chi connectivity index (χ1n) is 8.69. The Labute approximate surface area is 132 Å². The molecule has 0 bridgehead atoms. The van der Waals surface area contributed by atoms with Gasteiger partial charge in [-0.2, -0.15) is 0 Å². The maximum absolute atomic E-state index is 12.0. The second-order valence-electron chi connectivity index (χ2n) is 6.96. The van der Waals surface area contributed by atoms with Crippen LogP contribution in [0, 0.1) is 11.3 Å². The zero-order valence-electron chi connectivity index (χ0n) is 13.5. The number of alkyl carbamates (subject to hydrolysis) is 1. The van der Waals surface area contributed by atoms with Crippen molar-refractivity contribution in [1.82, 2.24) is 5.32 Å². The Morgan fingerprint density at radius 2 is 2.14 bits per heavy atom. The van der Waals surface area contributed by atoms with Crippen LogP contribution in [0.3, 0.4) is 0 Å². The number of hydrogen-bond acceptors (Lipinski definition) is 3. The predicted octanol–water partition coefficient (Wildman–Crippen LogP) is 4.64. The van der Waals surface area contributed by atoms with Crippen molar-refractivity contribution in [2.75, 3.05) is 0 Å². The van der Waals surface area contributed by atoms with Gasteiger partial charge >= 0.3 is 6.09 Å². The quantitative estimate of drug-likeness (QED) is 0.861. The Hall–Kier alpha value is -1.45. The minimum atomic E-state index is -0.309. The van der Waals surface area contributed by atoms with E-state index in [-0.39, 0.29) is 17.6 Å². The van der Waals surface area contributed by atoms with Crippen LogP contribution >= 0.6 is 0 Å². The molecule has 2 saturated carbocycles. The Bertz CT molecular complexity index is 475. The van der Waals surface area contributed by atoms with Crippen molar-refractivity contribution in [1.29, 1.82) is 0 Å². The molecule has 0 saturated heterocycles. The van der Waals surface area contributed by atoms with Crippen LogP contribution in [0.15, 0.2) is 22.8 Å². The van der Waals surface area contributed by atoms with E-state index >= 15 is 0 Å². The highest BCUT2D eigenvalue weighted by atomic mass is 16.6. The Balaban J connectivity index is 1.44. The molecule has 1 aromatic rings. The molecular weight excluding hydrogens is 278 g/mol. The van der Waals surface area contributed by atoms with E-state index in [1.54, 1.807) is 6.26 Å². The molecule has 2 aliphatic rings. The van der Waals surface area contributed by atoms with Crippen LogP contribution in [0.1, 0.15) is 64.1 Å². The summed E-state index contributed by atoms with van der Waals surface area (Å²) in [7, 11) is 0. The van der Waals surface area contributed by atoms with Gasteiger partial charge in [0.15, 0.2) is 0 Å². The molecule has 1 aromatic heterocycles. The monoisotopic (exact) mass is 305 g/mol. The van der Waals surface area contributed by atoms with Crippen molar-refractivity contribution >= 4 is 6.09 Å². The second-order valence-corrected chi connectivity index (χ2v) is 6.96. The summed E-state index contributed by atoms with van der Waals surface area (Å²) in [6, 6.07) is 3.66. The van der Waals surface area contributed by atoms with Crippen LogP contribution in [0.2, 0.25) is 0 Å². The Kier molecular flexibility index (Phi) is 4.74. The first-order chi connectivity index (χ1) is 10.7. The van der Waals surface area contributed by atoms with Crippen molar-refractivity contribution in [3.8, 4) is 0 Å². The van der Waals surface area contributed by atoms with Crippen LogP contribution in [0.4, 0.5) is 4.79 Å². The van der Waals surface area contributed by atoms with E-state index in [0.29, 0.717) is 6.54 Å². The molecule has 0 aromatic carbocycles. The zero-order chi connectivity index (χ0) is 15.4. The molecule has 4 heteroatoms. The van der Waals surface area contributed by atoms with Gasteiger partial charge in [-0.3, -0.25) is 0 Å². The maximum Gasteiger partial charge on any atom is 0.407 e. The van der Waals surface area contributed by atoms with Crippen molar-refractivity contribution in [3.05, 3.63) is 24.2 Å². The Morgan fingerprint density at radius 3 is 2.73 bits per heavy atom. The average Bonchev–Trinajstić information content (AvgIpc) is 3.04. The lowest BCUT2D eigenvalue weighted by Crippen LogP contribution is -2.50. The summed E-state index contributed by atoms with van der Waals surface area (Å²) in [6.07, 6.45) is 11.4. The predicted molar refractivity (Wildman–Crippen MR) is 84.3 cm³/mol. The maximum atomic E-state index is 12.0. The van der Waals surface area contributed by atoms with E-state index < -0.39 is 0 Å². The molecule has 122 valence electrons. The van der Waals surface area contributed by atoms with Crippen LogP contribution in [0.5, 0.6) is 0 Å². The molecule has 3 rings (SSSR count). The molecule has 1 spiro atoms. The van der Waals surface area contributed by atoms with Crippen molar-refractivity contribution in [2.24, 2.45) is 11.3 Å². The molecule has 22 heavy (non-hydrogen) atoms. The molecule has 1 atom stereocenters. The van der Waals surface area contributed by atoms with Gasteiger partial charge < -0.3 is 14.5 Å². The normalized spacial score (nSPS) is 30.8. The van der Waals surface area contributed by atoms with Gasteiger partial charge in [0.2, 0.25) is 0 Å². The molecule has 1 heterocycles. The molecule has 2 fully saturated rings. The largest absolute Gasteiger partial charge is 0.467 e. The molecular formula is C18H27NO3. The number of carbonyl (C=O) groups excluding carboxylic acids is 1. The van der Waals surface area contributed by atoms with Gasteiger partial charge in [0.05, 0.1) is 12.8 Å². The van der Waals surface area contributed by atoms with Crippen LogP contribution in [-0.4, -0.2) is 12.2 Å². The SMILES string of the molecule is CCCC1CCC2(CC1)CC[C@H]2OC(=O)NCc1ccco1. The smallest absolute Gasteiger partial charge is 0.407 e. The van der Waals surface area contributed by atoms with Gasteiger partial charge in [-0.25, -0.2) is 4.79 Å². The number of nitrogens with one attached hydrogen (secondary N) is 1. The minimum Gasteiger partial charge on any atom is -0.467 e. The molecule has 0 unspecified atom stereocenters. The highest BCUT2D eigenvalue weighted by Crippen LogP contribution is 2.54. The standard InChI is InChI=1S/C18H27NO3/c1-2-4-14-6-9-18(10-7-14)11-8-16(18)22-17(20)19-13-15-5-3-12-21-15/h3,5,12,14,16H,2,4,6-11,13H2,1H3,(H,19,20)/t14?,16-,18?/m1/s1. The van der Waals surface area contributed by atoms with E-state index in [0.717, 1.165) is 18.1 Å². The van der Waals surface area contributed by atoms with Crippen LogP contribution in [0.25, 0.3) is 0 Å². The summed E-state index contributed by atoms with van der Waals surface area (Å²) >= 11 is 0. The first-order valence-corrected chi connectivity index (χ1v) is 8.69. The topological polar surface area (TPSA) is 51.5 Å². The van der Waals surface area contributed by atoms with Gasteiger partial charge in [0, 0.05) is 5.41 Å². The lowest BCUT2D eigenvalue weighted by Gasteiger charge is -2.52. The van der Waals surface area contributed by atoms with E-state index in [1.807, 2.05) is 12.1 Å². The van der Waals surface area contributed by atoms with Gasteiger partial charge in [-0.15, -0.1) is 0 Å². The number of carbonyl (C=O) groups is 1. The third-order valence-electron chi connectivity index (χ3n) is 5.62. The highest BCUT2D eigenvalue weighted by Gasteiger charge is 2.50. The highest BCUT2D eigenvalue weighted by molar-refractivity contribution is 5.67.